The van der Waals surface area contributed by atoms with Crippen molar-refractivity contribution in [1.29, 1.82) is 0 Å². The molecule has 5 rings (SSSR count). The average molecular weight is 331 g/mol. The Kier molecular flexibility index (Phi) is 3.82. The van der Waals surface area contributed by atoms with Gasteiger partial charge in [-0.3, -0.25) is 4.99 Å². The molecule has 1 aliphatic heterocycles. The zero-order chi connectivity index (χ0) is 16.8. The summed E-state index contributed by atoms with van der Waals surface area (Å²) in [5, 5.41) is 17.4. The lowest BCUT2D eigenvalue weighted by atomic mass is 9.58. The summed E-state index contributed by atoms with van der Waals surface area (Å²) in [5.41, 5.74) is 0.701. The van der Waals surface area contributed by atoms with E-state index in [4.69, 9.17) is 4.98 Å². The normalized spacial score (nSPS) is 35.0. The summed E-state index contributed by atoms with van der Waals surface area (Å²) < 4.78 is 0. The van der Waals surface area contributed by atoms with Crippen LogP contribution in [0.5, 0.6) is 0 Å². The second-order valence-electron chi connectivity index (χ2n) is 7.98. The lowest BCUT2D eigenvalue weighted by Crippen LogP contribution is -2.48. The number of aliphatic imine (C=N–C) groups is 1. The first-order chi connectivity index (χ1) is 11.5. The number of hydrogen-bond acceptors (Lipinski definition) is 5. The standard InChI is InChI=1S/C18H29N5O/c1-3-10-19-14-13(15-20-11-12(2)21-15)22-16(23-14)17-4-7-18(24,8-5-17)9-6-17/h12,19,24H,3-11H2,1-2H3,(H,20,21)(H,22,23)/t12-,17?,18?/m0/s1. The third-order valence-corrected chi connectivity index (χ3v) is 6.10. The molecule has 0 saturated heterocycles. The number of imidazole rings is 1. The van der Waals surface area contributed by atoms with E-state index in [1.807, 2.05) is 0 Å². The first kappa shape index (κ1) is 15.9. The topological polar surface area (TPSA) is 85.3 Å². The lowest BCUT2D eigenvalue weighted by Gasteiger charge is -2.49. The number of fused-ring (bicyclic) bond motifs is 3. The molecule has 3 aliphatic carbocycles. The number of nitrogens with zero attached hydrogens (tertiary/aromatic N) is 2. The molecule has 1 aromatic rings. The maximum Gasteiger partial charge on any atom is 0.155 e. The van der Waals surface area contributed by atoms with E-state index in [2.05, 4.69) is 34.5 Å². The van der Waals surface area contributed by atoms with Crippen molar-refractivity contribution < 1.29 is 5.11 Å². The van der Waals surface area contributed by atoms with Crippen LogP contribution in [0, 0.1) is 0 Å². The van der Waals surface area contributed by atoms with Gasteiger partial charge in [0.1, 0.15) is 17.4 Å². The van der Waals surface area contributed by atoms with Gasteiger partial charge in [0, 0.05) is 18.0 Å². The van der Waals surface area contributed by atoms with Crippen LogP contribution in [0.4, 0.5) is 5.82 Å². The van der Waals surface area contributed by atoms with Crippen LogP contribution in [-0.2, 0) is 5.41 Å². The number of amidine groups is 1. The highest BCUT2D eigenvalue weighted by Crippen LogP contribution is 2.53. The SMILES string of the molecule is CCCNc1nc(C23CCC(O)(CC2)CC3)[nH]c1C1=NC[C@H](C)N1. The molecule has 132 valence electrons. The van der Waals surface area contributed by atoms with E-state index >= 15 is 0 Å². The predicted molar refractivity (Wildman–Crippen MR) is 95.7 cm³/mol. The minimum absolute atomic E-state index is 0.107. The second-order valence-corrected chi connectivity index (χ2v) is 7.98. The van der Waals surface area contributed by atoms with Crippen molar-refractivity contribution in [3.05, 3.63) is 11.5 Å². The van der Waals surface area contributed by atoms with Crippen LogP contribution >= 0.6 is 0 Å². The van der Waals surface area contributed by atoms with Gasteiger partial charge in [-0.25, -0.2) is 4.98 Å². The molecule has 0 aromatic carbocycles. The summed E-state index contributed by atoms with van der Waals surface area (Å²) in [6.07, 6.45) is 6.85. The van der Waals surface area contributed by atoms with Gasteiger partial charge < -0.3 is 20.7 Å². The number of hydrogen-bond donors (Lipinski definition) is 4. The second kappa shape index (κ2) is 5.76. The number of H-pyrrole nitrogens is 1. The highest BCUT2D eigenvalue weighted by molar-refractivity contribution is 6.02. The van der Waals surface area contributed by atoms with Crippen LogP contribution in [-0.4, -0.2) is 45.6 Å². The lowest BCUT2D eigenvalue weighted by molar-refractivity contribution is -0.0678. The smallest absolute Gasteiger partial charge is 0.155 e. The molecule has 0 amide bonds. The van der Waals surface area contributed by atoms with E-state index in [9.17, 15) is 5.11 Å². The van der Waals surface area contributed by atoms with Crippen molar-refractivity contribution in [3.63, 3.8) is 0 Å². The van der Waals surface area contributed by atoms with Gasteiger partial charge in [-0.05, 0) is 51.9 Å². The molecule has 2 bridgehead atoms. The van der Waals surface area contributed by atoms with E-state index in [0.717, 1.165) is 81.2 Å². The third kappa shape index (κ3) is 2.61. The molecule has 2 heterocycles. The van der Waals surface area contributed by atoms with E-state index in [0.29, 0.717) is 6.04 Å². The van der Waals surface area contributed by atoms with Gasteiger partial charge >= 0.3 is 0 Å². The van der Waals surface area contributed by atoms with Crippen molar-refractivity contribution in [2.24, 2.45) is 4.99 Å². The van der Waals surface area contributed by atoms with Crippen LogP contribution < -0.4 is 10.6 Å². The highest BCUT2D eigenvalue weighted by atomic mass is 16.3. The van der Waals surface area contributed by atoms with Gasteiger partial charge in [0.05, 0.1) is 12.1 Å². The van der Waals surface area contributed by atoms with Crippen LogP contribution in [0.1, 0.15) is 70.3 Å². The van der Waals surface area contributed by atoms with Gasteiger partial charge in [-0.2, -0.15) is 0 Å². The Morgan fingerprint density at radius 1 is 1.21 bits per heavy atom. The van der Waals surface area contributed by atoms with Crippen molar-refractivity contribution in [1.82, 2.24) is 15.3 Å². The largest absolute Gasteiger partial charge is 0.390 e. The number of nitrogens with one attached hydrogen (secondary N) is 3. The number of aliphatic hydroxyl groups is 1. The Hall–Kier alpha value is -1.56. The molecule has 0 unspecified atom stereocenters. The molecular formula is C18H29N5O. The van der Waals surface area contributed by atoms with Gasteiger partial charge in [-0.1, -0.05) is 6.92 Å². The van der Waals surface area contributed by atoms with Gasteiger partial charge in [0.25, 0.3) is 0 Å². The Morgan fingerprint density at radius 3 is 2.50 bits per heavy atom. The number of aromatic amines is 1. The van der Waals surface area contributed by atoms with Gasteiger partial charge in [-0.15, -0.1) is 0 Å². The summed E-state index contributed by atoms with van der Waals surface area (Å²) in [6.45, 7) is 6.03. The first-order valence-electron chi connectivity index (χ1n) is 9.42. The van der Waals surface area contributed by atoms with Crippen molar-refractivity contribution in [3.8, 4) is 0 Å². The van der Waals surface area contributed by atoms with E-state index < -0.39 is 5.60 Å². The first-order valence-corrected chi connectivity index (χ1v) is 9.42. The molecule has 6 heteroatoms. The molecule has 4 N–H and O–H groups in total. The Morgan fingerprint density at radius 2 is 1.92 bits per heavy atom. The molecule has 0 radical (unpaired) electrons. The third-order valence-electron chi connectivity index (χ3n) is 6.10. The van der Waals surface area contributed by atoms with E-state index in [1.165, 1.54) is 0 Å². The molecule has 4 aliphatic rings. The van der Waals surface area contributed by atoms with Crippen molar-refractivity contribution in [2.75, 3.05) is 18.4 Å². The molecule has 6 nitrogen and oxygen atoms in total. The quantitative estimate of drug-likeness (QED) is 0.667. The monoisotopic (exact) mass is 331 g/mol. The van der Waals surface area contributed by atoms with Gasteiger partial charge in [0.2, 0.25) is 0 Å². The minimum atomic E-state index is -0.410. The summed E-state index contributed by atoms with van der Waals surface area (Å²) >= 11 is 0. The van der Waals surface area contributed by atoms with Gasteiger partial charge in [0.15, 0.2) is 5.82 Å². The molecule has 0 spiro atoms. The summed E-state index contributed by atoms with van der Waals surface area (Å²) in [5.74, 6) is 2.94. The zero-order valence-electron chi connectivity index (χ0n) is 14.8. The van der Waals surface area contributed by atoms with Crippen LogP contribution in [0.2, 0.25) is 0 Å². The molecular weight excluding hydrogens is 302 g/mol. The summed E-state index contributed by atoms with van der Waals surface area (Å²) in [4.78, 5) is 13.2. The molecule has 1 atom stereocenters. The fourth-order valence-corrected chi connectivity index (χ4v) is 4.39. The Labute approximate surface area is 143 Å². The molecule has 24 heavy (non-hydrogen) atoms. The Bertz CT molecular complexity index is 625. The molecule has 3 saturated carbocycles. The maximum absolute atomic E-state index is 10.5. The minimum Gasteiger partial charge on any atom is -0.390 e. The highest BCUT2D eigenvalue weighted by Gasteiger charge is 2.50. The molecule has 3 fully saturated rings. The molecule has 1 aromatic heterocycles. The zero-order valence-corrected chi connectivity index (χ0v) is 14.8. The average Bonchev–Trinajstić information content (AvgIpc) is 3.20. The Balaban J connectivity index is 1.65. The number of anilines is 1. The fraction of sp³-hybridized carbons (Fsp3) is 0.778. The summed E-state index contributed by atoms with van der Waals surface area (Å²) in [6, 6.07) is 0.378. The van der Waals surface area contributed by atoms with Crippen LogP contribution in [0.25, 0.3) is 0 Å². The summed E-state index contributed by atoms with van der Waals surface area (Å²) in [7, 11) is 0. The number of aromatic nitrogens is 2. The van der Waals surface area contributed by atoms with Crippen molar-refractivity contribution in [2.45, 2.75) is 75.9 Å². The van der Waals surface area contributed by atoms with Crippen LogP contribution in [0.15, 0.2) is 4.99 Å². The maximum atomic E-state index is 10.5. The van der Waals surface area contributed by atoms with E-state index in [-0.39, 0.29) is 5.41 Å². The fourth-order valence-electron chi connectivity index (χ4n) is 4.39. The van der Waals surface area contributed by atoms with Crippen molar-refractivity contribution >= 4 is 11.7 Å². The number of rotatable bonds is 5. The van der Waals surface area contributed by atoms with Crippen LogP contribution in [0.3, 0.4) is 0 Å². The van der Waals surface area contributed by atoms with E-state index in [1.54, 1.807) is 0 Å². The predicted octanol–water partition coefficient (Wildman–Crippen LogP) is 2.31.